The SMILES string of the molecule is CCCCCCCCCC/C=C\CCCCCCCCCCCCCCCC(=O)OCC(COC(=O)CCCCCCCCCCCCCC)OC(=O)CCCCCCCCCCCCCCCCCCCCCCC. The summed E-state index contributed by atoms with van der Waals surface area (Å²) < 4.78 is 17.0. The van der Waals surface area contributed by atoms with Crippen molar-refractivity contribution in [2.75, 3.05) is 13.2 Å². The summed E-state index contributed by atoms with van der Waals surface area (Å²) in [5, 5.41) is 0. The number of esters is 3. The van der Waals surface area contributed by atoms with E-state index in [9.17, 15) is 14.4 Å². The van der Waals surface area contributed by atoms with E-state index in [1.54, 1.807) is 0 Å². The molecule has 0 fully saturated rings. The number of hydrogen-bond acceptors (Lipinski definition) is 6. The maximum absolute atomic E-state index is 12.9. The molecule has 0 rings (SSSR count). The van der Waals surface area contributed by atoms with Gasteiger partial charge in [0.15, 0.2) is 6.10 Å². The molecule has 0 N–H and O–H groups in total. The molecule has 0 amide bonds. The Balaban J connectivity index is 4.19. The summed E-state index contributed by atoms with van der Waals surface area (Å²) in [4.78, 5) is 38.4. The number of carbonyl (C=O) groups is 3. The quantitative estimate of drug-likeness (QED) is 0.0261. The second kappa shape index (κ2) is 65.7. The van der Waals surface area contributed by atoms with Crippen LogP contribution in [0.4, 0.5) is 0 Å². The van der Waals surface area contributed by atoms with Crippen molar-refractivity contribution >= 4 is 17.9 Å². The molecule has 0 aromatic heterocycles. The van der Waals surface area contributed by atoms with Crippen molar-refractivity contribution in [3.8, 4) is 0 Å². The van der Waals surface area contributed by atoms with E-state index in [-0.39, 0.29) is 31.1 Å². The summed E-state index contributed by atoms with van der Waals surface area (Å²) in [6.07, 6.45) is 78.1. The van der Waals surface area contributed by atoms with Crippen LogP contribution in [0, 0.1) is 0 Å². The molecule has 0 bridgehead atoms. The lowest BCUT2D eigenvalue weighted by Gasteiger charge is -2.18. The van der Waals surface area contributed by atoms with Gasteiger partial charge in [-0.05, 0) is 44.9 Å². The topological polar surface area (TPSA) is 78.9 Å². The predicted octanol–water partition coefficient (Wildman–Crippen LogP) is 23.6. The van der Waals surface area contributed by atoms with Gasteiger partial charge in [0.25, 0.3) is 0 Å². The minimum absolute atomic E-state index is 0.0628. The number of allylic oxidation sites excluding steroid dienone is 2. The van der Waals surface area contributed by atoms with E-state index in [4.69, 9.17) is 14.2 Å². The maximum Gasteiger partial charge on any atom is 0.306 e. The first kappa shape index (κ1) is 74.2. The number of unbranched alkanes of at least 4 members (excludes halogenated alkanes) is 52. The van der Waals surface area contributed by atoms with E-state index in [0.717, 1.165) is 57.8 Å². The lowest BCUT2D eigenvalue weighted by molar-refractivity contribution is -0.167. The average molecular weight is 1070 g/mol. The van der Waals surface area contributed by atoms with Crippen molar-refractivity contribution in [3.63, 3.8) is 0 Å². The molecule has 0 aliphatic heterocycles. The molecule has 1 atom stereocenters. The molecule has 0 saturated heterocycles. The molecule has 0 aliphatic rings. The van der Waals surface area contributed by atoms with Crippen LogP contribution in [0.1, 0.15) is 400 Å². The molecular formula is C70H134O6. The fourth-order valence-corrected chi connectivity index (χ4v) is 10.8. The molecule has 0 saturated carbocycles. The lowest BCUT2D eigenvalue weighted by atomic mass is 10.0. The molecule has 0 aromatic rings. The van der Waals surface area contributed by atoms with E-state index in [0.29, 0.717) is 19.3 Å². The van der Waals surface area contributed by atoms with Crippen LogP contribution in [0.15, 0.2) is 12.2 Å². The molecule has 1 unspecified atom stereocenters. The summed E-state index contributed by atoms with van der Waals surface area (Å²) >= 11 is 0. The number of rotatable bonds is 65. The van der Waals surface area contributed by atoms with Crippen LogP contribution >= 0.6 is 0 Å². The molecule has 76 heavy (non-hydrogen) atoms. The Morgan fingerprint density at radius 2 is 0.434 bits per heavy atom. The minimum Gasteiger partial charge on any atom is -0.462 e. The first-order chi connectivity index (χ1) is 37.5. The van der Waals surface area contributed by atoms with Gasteiger partial charge in [-0.3, -0.25) is 14.4 Å². The van der Waals surface area contributed by atoms with Crippen LogP contribution in [0.3, 0.4) is 0 Å². The van der Waals surface area contributed by atoms with Crippen LogP contribution in [0.2, 0.25) is 0 Å². The first-order valence-electron chi connectivity index (χ1n) is 34.7. The fraction of sp³-hybridized carbons (Fsp3) is 0.929. The average Bonchev–Trinajstić information content (AvgIpc) is 3.42. The van der Waals surface area contributed by atoms with Gasteiger partial charge in [0, 0.05) is 19.3 Å². The highest BCUT2D eigenvalue weighted by molar-refractivity contribution is 5.71. The largest absolute Gasteiger partial charge is 0.462 e. The molecule has 6 heteroatoms. The minimum atomic E-state index is -0.765. The zero-order valence-corrected chi connectivity index (χ0v) is 51.8. The first-order valence-corrected chi connectivity index (χ1v) is 34.7. The van der Waals surface area contributed by atoms with Crippen LogP contribution in [0.5, 0.6) is 0 Å². The molecule has 0 heterocycles. The van der Waals surface area contributed by atoms with Gasteiger partial charge >= 0.3 is 17.9 Å². The highest BCUT2D eigenvalue weighted by Gasteiger charge is 2.19. The third kappa shape index (κ3) is 63.0. The highest BCUT2D eigenvalue weighted by atomic mass is 16.6. The number of hydrogen-bond donors (Lipinski definition) is 0. The smallest absolute Gasteiger partial charge is 0.306 e. The third-order valence-electron chi connectivity index (χ3n) is 16.0. The fourth-order valence-electron chi connectivity index (χ4n) is 10.8. The number of carbonyl (C=O) groups excluding carboxylic acids is 3. The molecule has 6 nitrogen and oxygen atoms in total. The van der Waals surface area contributed by atoms with Gasteiger partial charge in [-0.2, -0.15) is 0 Å². The van der Waals surface area contributed by atoms with Gasteiger partial charge in [0.1, 0.15) is 13.2 Å². The number of ether oxygens (including phenoxy) is 3. The van der Waals surface area contributed by atoms with Gasteiger partial charge in [-0.25, -0.2) is 0 Å². The molecule has 0 aromatic carbocycles. The molecular weight excluding hydrogens is 937 g/mol. The Morgan fingerprint density at radius 3 is 0.658 bits per heavy atom. The van der Waals surface area contributed by atoms with Crippen molar-refractivity contribution in [3.05, 3.63) is 12.2 Å². The monoisotopic (exact) mass is 1070 g/mol. The Morgan fingerprint density at radius 1 is 0.250 bits per heavy atom. The zero-order valence-electron chi connectivity index (χ0n) is 51.8. The van der Waals surface area contributed by atoms with Gasteiger partial charge in [0.2, 0.25) is 0 Å². The van der Waals surface area contributed by atoms with E-state index in [2.05, 4.69) is 32.9 Å². The van der Waals surface area contributed by atoms with E-state index in [1.807, 2.05) is 0 Å². The third-order valence-corrected chi connectivity index (χ3v) is 16.0. The summed E-state index contributed by atoms with van der Waals surface area (Å²) in [5.41, 5.74) is 0. The second-order valence-electron chi connectivity index (χ2n) is 23.8. The van der Waals surface area contributed by atoms with Gasteiger partial charge in [-0.1, -0.05) is 348 Å². The Labute approximate surface area is 475 Å². The predicted molar refractivity (Wildman–Crippen MR) is 330 cm³/mol. The summed E-state index contributed by atoms with van der Waals surface area (Å²) in [7, 11) is 0. The van der Waals surface area contributed by atoms with E-state index >= 15 is 0 Å². The van der Waals surface area contributed by atoms with E-state index in [1.165, 1.54) is 302 Å². The Bertz CT molecular complexity index is 1180. The Kier molecular flexibility index (Phi) is 64.1. The van der Waals surface area contributed by atoms with Gasteiger partial charge in [-0.15, -0.1) is 0 Å². The normalized spacial score (nSPS) is 12.0. The molecule has 0 spiro atoms. The van der Waals surface area contributed by atoms with Crippen LogP contribution in [0.25, 0.3) is 0 Å². The zero-order chi connectivity index (χ0) is 55.0. The molecule has 0 radical (unpaired) electrons. The van der Waals surface area contributed by atoms with Crippen molar-refractivity contribution in [1.29, 1.82) is 0 Å². The van der Waals surface area contributed by atoms with Crippen molar-refractivity contribution in [1.82, 2.24) is 0 Å². The van der Waals surface area contributed by atoms with Crippen molar-refractivity contribution < 1.29 is 28.6 Å². The standard InChI is InChI=1S/C70H134O6/c1-4-7-10-13-16-19-22-25-27-29-31-33-34-35-36-38-39-41-43-45-48-51-54-57-60-63-69(72)75-66-67(65-74-68(71)62-59-56-53-50-47-24-21-18-15-12-9-6-3)76-70(73)64-61-58-55-52-49-46-44-42-40-37-32-30-28-26-23-20-17-14-11-8-5-2/h29,31,67H,4-28,30,32-66H2,1-3H3/b31-29-. The summed E-state index contributed by atoms with van der Waals surface area (Å²) in [6, 6.07) is 0. The van der Waals surface area contributed by atoms with Gasteiger partial charge < -0.3 is 14.2 Å². The summed E-state index contributed by atoms with van der Waals surface area (Å²) in [6.45, 7) is 6.72. The summed E-state index contributed by atoms with van der Waals surface area (Å²) in [5.74, 6) is -0.829. The molecule has 450 valence electrons. The Hall–Kier alpha value is -1.85. The maximum atomic E-state index is 12.9. The van der Waals surface area contributed by atoms with Crippen molar-refractivity contribution in [2.24, 2.45) is 0 Å². The highest BCUT2D eigenvalue weighted by Crippen LogP contribution is 2.19. The van der Waals surface area contributed by atoms with Crippen LogP contribution in [-0.2, 0) is 28.6 Å². The van der Waals surface area contributed by atoms with Crippen molar-refractivity contribution in [2.45, 2.75) is 406 Å². The van der Waals surface area contributed by atoms with Crippen LogP contribution < -0.4 is 0 Å². The lowest BCUT2D eigenvalue weighted by Crippen LogP contribution is -2.30. The molecule has 0 aliphatic carbocycles. The van der Waals surface area contributed by atoms with Crippen LogP contribution in [-0.4, -0.2) is 37.2 Å². The second-order valence-corrected chi connectivity index (χ2v) is 23.8. The van der Waals surface area contributed by atoms with E-state index < -0.39 is 6.10 Å². The van der Waals surface area contributed by atoms with Gasteiger partial charge in [0.05, 0.1) is 0 Å².